The summed E-state index contributed by atoms with van der Waals surface area (Å²) in [5.74, 6) is 0. The zero-order chi connectivity index (χ0) is 32.2. The van der Waals surface area contributed by atoms with Crippen molar-refractivity contribution in [2.75, 3.05) is 0 Å². The van der Waals surface area contributed by atoms with Gasteiger partial charge in [0.15, 0.2) is 0 Å². The predicted octanol–water partition coefficient (Wildman–Crippen LogP) is 13.6. The quantitative estimate of drug-likeness (QED) is 0.174. The summed E-state index contributed by atoms with van der Waals surface area (Å²) in [5, 5.41) is 10.2. The van der Waals surface area contributed by atoms with Gasteiger partial charge >= 0.3 is 0 Å². The lowest BCUT2D eigenvalue weighted by Gasteiger charge is -2.20. The van der Waals surface area contributed by atoms with Crippen LogP contribution in [0.15, 0.2) is 170 Å². The minimum absolute atomic E-state index is 1.23. The number of aryl methyl sites for hydroxylation is 2. The molecule has 9 aromatic rings. The number of hydrogen-bond acceptors (Lipinski definition) is 0. The van der Waals surface area contributed by atoms with Gasteiger partial charge in [0.1, 0.15) is 0 Å². The van der Waals surface area contributed by atoms with Crippen molar-refractivity contribution in [3.63, 3.8) is 0 Å². The van der Waals surface area contributed by atoms with Gasteiger partial charge in [-0.2, -0.15) is 0 Å². The molecule has 0 fully saturated rings. The molecule has 0 N–H and O–H groups in total. The van der Waals surface area contributed by atoms with Crippen molar-refractivity contribution in [2.45, 2.75) is 13.8 Å². The summed E-state index contributed by atoms with van der Waals surface area (Å²) >= 11 is 0. The van der Waals surface area contributed by atoms with Crippen molar-refractivity contribution >= 4 is 43.1 Å². The molecule has 0 aliphatic carbocycles. The molecule has 0 saturated carbocycles. The third kappa shape index (κ3) is 4.61. The van der Waals surface area contributed by atoms with Crippen LogP contribution in [-0.4, -0.2) is 0 Å². The van der Waals surface area contributed by atoms with Crippen LogP contribution in [0, 0.1) is 13.8 Å². The second kappa shape index (κ2) is 11.4. The van der Waals surface area contributed by atoms with Gasteiger partial charge in [0.2, 0.25) is 0 Å². The third-order valence-corrected chi connectivity index (χ3v) is 10.1. The van der Waals surface area contributed by atoms with E-state index in [0.717, 1.165) is 0 Å². The van der Waals surface area contributed by atoms with Crippen LogP contribution in [0.25, 0.3) is 87.6 Å². The van der Waals surface area contributed by atoms with Gasteiger partial charge in [0, 0.05) is 0 Å². The first-order valence-electron chi connectivity index (χ1n) is 16.8. The molecule has 0 aromatic heterocycles. The van der Waals surface area contributed by atoms with Gasteiger partial charge in [-0.1, -0.05) is 152 Å². The van der Waals surface area contributed by atoms with Crippen LogP contribution in [0.5, 0.6) is 0 Å². The van der Waals surface area contributed by atoms with E-state index in [4.69, 9.17) is 0 Å². The Labute approximate surface area is 281 Å². The number of fused-ring (bicyclic) bond motifs is 4. The summed E-state index contributed by atoms with van der Waals surface area (Å²) in [4.78, 5) is 0. The highest BCUT2D eigenvalue weighted by molar-refractivity contribution is 6.21. The smallest absolute Gasteiger partial charge is 0.00262 e. The maximum atomic E-state index is 2.43. The Morgan fingerprint density at radius 2 is 0.750 bits per heavy atom. The zero-order valence-corrected chi connectivity index (χ0v) is 27.2. The molecule has 0 atom stereocenters. The fourth-order valence-electron chi connectivity index (χ4n) is 7.76. The van der Waals surface area contributed by atoms with Crippen LogP contribution in [0.4, 0.5) is 0 Å². The monoisotopic (exact) mass is 610 g/mol. The molecule has 0 saturated heterocycles. The zero-order valence-electron chi connectivity index (χ0n) is 27.2. The number of hydrogen-bond donors (Lipinski definition) is 0. The predicted molar refractivity (Wildman–Crippen MR) is 208 cm³/mol. The van der Waals surface area contributed by atoms with Crippen molar-refractivity contribution in [3.8, 4) is 44.5 Å². The van der Waals surface area contributed by atoms with Gasteiger partial charge in [-0.15, -0.1) is 0 Å². The normalized spacial score (nSPS) is 11.5. The molecule has 226 valence electrons. The minimum atomic E-state index is 1.23. The van der Waals surface area contributed by atoms with Gasteiger partial charge < -0.3 is 0 Å². The van der Waals surface area contributed by atoms with E-state index in [0.29, 0.717) is 0 Å². The minimum Gasteiger partial charge on any atom is -0.0616 e. The van der Waals surface area contributed by atoms with Crippen LogP contribution in [-0.2, 0) is 0 Å². The molecular weight excluding hydrogens is 577 g/mol. The van der Waals surface area contributed by atoms with Gasteiger partial charge in [-0.25, -0.2) is 0 Å². The van der Waals surface area contributed by atoms with Crippen molar-refractivity contribution < 1.29 is 0 Å². The van der Waals surface area contributed by atoms with E-state index in [-0.39, 0.29) is 0 Å². The van der Waals surface area contributed by atoms with E-state index >= 15 is 0 Å². The molecule has 0 bridgehead atoms. The molecule has 0 heterocycles. The first kappa shape index (κ1) is 28.3. The van der Waals surface area contributed by atoms with Gasteiger partial charge in [0.05, 0.1) is 0 Å². The Morgan fingerprint density at radius 3 is 1.44 bits per heavy atom. The number of rotatable bonds is 4. The Morgan fingerprint density at radius 1 is 0.271 bits per heavy atom. The van der Waals surface area contributed by atoms with E-state index in [1.807, 2.05) is 0 Å². The molecule has 9 rings (SSSR count). The lowest BCUT2D eigenvalue weighted by molar-refractivity contribution is 1.43. The van der Waals surface area contributed by atoms with Gasteiger partial charge in [-0.3, -0.25) is 0 Å². The van der Waals surface area contributed by atoms with E-state index in [9.17, 15) is 0 Å². The number of benzene rings is 9. The second-order valence-electron chi connectivity index (χ2n) is 13.0. The molecule has 48 heavy (non-hydrogen) atoms. The third-order valence-electron chi connectivity index (χ3n) is 10.1. The molecule has 0 amide bonds. The largest absolute Gasteiger partial charge is 0.0616 e. The van der Waals surface area contributed by atoms with Crippen LogP contribution in [0.3, 0.4) is 0 Å². The molecule has 0 nitrogen and oxygen atoms in total. The van der Waals surface area contributed by atoms with E-state index in [2.05, 4.69) is 184 Å². The first-order chi connectivity index (χ1) is 23.6. The molecule has 0 aliphatic rings. The average molecular weight is 611 g/mol. The summed E-state index contributed by atoms with van der Waals surface area (Å²) < 4.78 is 0. The topological polar surface area (TPSA) is 0 Å². The Balaban J connectivity index is 1.28. The maximum absolute atomic E-state index is 2.43. The Bertz CT molecular complexity index is 2630. The fourth-order valence-corrected chi connectivity index (χ4v) is 7.76. The van der Waals surface area contributed by atoms with Crippen LogP contribution in [0.1, 0.15) is 11.1 Å². The lowest BCUT2D eigenvalue weighted by Crippen LogP contribution is -1.93. The molecule has 9 aromatic carbocycles. The molecular formula is C48H34. The molecule has 0 spiro atoms. The average Bonchev–Trinajstić information content (AvgIpc) is 3.14. The summed E-state index contributed by atoms with van der Waals surface area (Å²) in [6.45, 7) is 4.47. The summed E-state index contributed by atoms with van der Waals surface area (Å²) in [6, 6.07) is 62.6. The van der Waals surface area contributed by atoms with Crippen LogP contribution < -0.4 is 0 Å². The van der Waals surface area contributed by atoms with Crippen LogP contribution in [0.2, 0.25) is 0 Å². The van der Waals surface area contributed by atoms with Crippen molar-refractivity contribution in [1.82, 2.24) is 0 Å². The molecule has 0 unspecified atom stereocenters. The van der Waals surface area contributed by atoms with E-state index in [1.54, 1.807) is 0 Å². The summed E-state index contributed by atoms with van der Waals surface area (Å²) in [5.41, 5.74) is 12.7. The van der Waals surface area contributed by atoms with Crippen LogP contribution >= 0.6 is 0 Å². The maximum Gasteiger partial charge on any atom is -0.00262 e. The molecule has 0 aliphatic heterocycles. The molecule has 0 heteroatoms. The highest BCUT2D eigenvalue weighted by atomic mass is 14.2. The lowest BCUT2D eigenvalue weighted by atomic mass is 9.84. The van der Waals surface area contributed by atoms with Gasteiger partial charge in [-0.05, 0) is 131 Å². The first-order valence-corrected chi connectivity index (χ1v) is 16.8. The van der Waals surface area contributed by atoms with Gasteiger partial charge in [0.25, 0.3) is 0 Å². The summed E-state index contributed by atoms with van der Waals surface area (Å²) in [6.07, 6.45) is 0. The second-order valence-corrected chi connectivity index (χ2v) is 13.0. The summed E-state index contributed by atoms with van der Waals surface area (Å²) in [7, 11) is 0. The van der Waals surface area contributed by atoms with E-state index < -0.39 is 0 Å². The van der Waals surface area contributed by atoms with E-state index in [1.165, 1.54) is 98.7 Å². The fraction of sp³-hybridized carbons (Fsp3) is 0.0417. The molecule has 0 radical (unpaired) electrons. The van der Waals surface area contributed by atoms with Crippen molar-refractivity contribution in [2.24, 2.45) is 0 Å². The van der Waals surface area contributed by atoms with Crippen molar-refractivity contribution in [3.05, 3.63) is 181 Å². The highest BCUT2D eigenvalue weighted by Crippen LogP contribution is 2.45. The SMILES string of the molecule is Cc1ccc(-c2c3ccccc3c(-c3cccc(-c4ccc5ccccc5c4)c3)c3ccccc23)cc1-c1c(C)ccc2ccccc12. The Kier molecular flexibility index (Phi) is 6.69. The van der Waals surface area contributed by atoms with Crippen molar-refractivity contribution in [1.29, 1.82) is 0 Å². The highest BCUT2D eigenvalue weighted by Gasteiger charge is 2.19. The standard InChI is InChI=1S/C48H34/c1-31-22-25-39(30-45(31)46-32(2)23-24-34-13-5-6-17-40(34)46)48-43-20-9-7-18-41(43)47(42-19-8-10-21-44(42)48)38-16-11-15-36(29-38)37-27-26-33-12-3-4-14-35(33)28-37/h3-30H,1-2H3. The Hall–Kier alpha value is -5.98.